The molecule has 0 saturated carbocycles. The molecule has 0 aliphatic carbocycles. The summed E-state index contributed by atoms with van der Waals surface area (Å²) in [6.45, 7) is 6.58. The molecule has 9 heteroatoms. The number of carbonyl (C=O) groups is 1. The maximum atomic E-state index is 13.1. The van der Waals surface area contributed by atoms with E-state index in [1.54, 1.807) is 18.0 Å². The van der Waals surface area contributed by atoms with Gasteiger partial charge in [0.25, 0.3) is 0 Å². The van der Waals surface area contributed by atoms with Crippen molar-refractivity contribution in [3.8, 4) is 0 Å². The number of hydrogen-bond acceptors (Lipinski definition) is 6. The van der Waals surface area contributed by atoms with Crippen LogP contribution in [0.3, 0.4) is 0 Å². The van der Waals surface area contributed by atoms with Crippen molar-refractivity contribution < 1.29 is 9.90 Å². The number of nitrogens with zero attached hydrogens (tertiary/aromatic N) is 3. The highest BCUT2D eigenvalue weighted by Gasteiger charge is 2.48. The van der Waals surface area contributed by atoms with Gasteiger partial charge < -0.3 is 10.0 Å². The first-order valence-corrected chi connectivity index (χ1v) is 11.6. The summed E-state index contributed by atoms with van der Waals surface area (Å²) in [6.07, 6.45) is 2.75. The van der Waals surface area contributed by atoms with Gasteiger partial charge in [0, 0.05) is 34.0 Å². The van der Waals surface area contributed by atoms with Crippen LogP contribution in [0.2, 0.25) is 5.02 Å². The zero-order valence-corrected chi connectivity index (χ0v) is 19.1. The molecule has 1 unspecified atom stereocenters. The number of rotatable bonds is 4. The third-order valence-electron chi connectivity index (χ3n) is 5.53. The van der Waals surface area contributed by atoms with Crippen LogP contribution < -0.4 is 10.2 Å². The van der Waals surface area contributed by atoms with Crippen LogP contribution in [-0.2, 0) is 5.41 Å². The number of aliphatic hydroxyl groups is 1. The Morgan fingerprint density at radius 2 is 2.24 bits per heavy atom. The van der Waals surface area contributed by atoms with Crippen molar-refractivity contribution in [3.63, 3.8) is 0 Å². The second-order valence-electron chi connectivity index (χ2n) is 8.45. The number of thioether (sulfide) groups is 1. The van der Waals surface area contributed by atoms with Gasteiger partial charge in [-0.1, -0.05) is 22.9 Å². The lowest BCUT2D eigenvalue weighted by Gasteiger charge is -2.25. The van der Waals surface area contributed by atoms with Gasteiger partial charge in [-0.3, -0.25) is 10.2 Å². The SMILES string of the molecule is CN1CCC2(C1)CN(C(=O)Nc1ncc(SC(C)(C)CO)s1)c1ccc(Cl)cc12. The lowest BCUT2D eigenvalue weighted by Crippen LogP contribution is -2.40. The maximum Gasteiger partial charge on any atom is 0.328 e. The molecule has 2 aliphatic heterocycles. The fourth-order valence-corrected chi connectivity index (χ4v) is 6.59. The van der Waals surface area contributed by atoms with Crippen LogP contribution in [0.5, 0.6) is 0 Å². The van der Waals surface area contributed by atoms with Crippen LogP contribution in [-0.4, -0.2) is 59.1 Å². The second-order valence-corrected chi connectivity index (χ2v) is 11.9. The largest absolute Gasteiger partial charge is 0.395 e. The average molecular weight is 453 g/mol. The number of nitrogens with one attached hydrogen (secondary N) is 1. The predicted octanol–water partition coefficient (Wildman–Crippen LogP) is 4.28. The van der Waals surface area contributed by atoms with E-state index in [9.17, 15) is 9.90 Å². The van der Waals surface area contributed by atoms with Crippen LogP contribution >= 0.6 is 34.7 Å². The molecule has 1 atom stereocenters. The molecule has 1 fully saturated rings. The minimum Gasteiger partial charge on any atom is -0.395 e. The summed E-state index contributed by atoms with van der Waals surface area (Å²) in [5, 5.41) is 13.7. The van der Waals surface area contributed by atoms with Crippen molar-refractivity contribution in [2.24, 2.45) is 0 Å². The standard InChI is InChI=1S/C20H25ClN4O2S2/c1-19(2,12-26)29-16-9-22-17(28-16)23-18(27)25-11-20(6-7-24(3)10-20)14-8-13(21)4-5-15(14)25/h4-5,8-9,26H,6-7,10-12H2,1-3H3,(H,22,23,27). The number of thiazole rings is 1. The Bertz CT molecular complexity index is 935. The van der Waals surface area contributed by atoms with Crippen LogP contribution in [0.4, 0.5) is 15.6 Å². The van der Waals surface area contributed by atoms with Gasteiger partial charge in [-0.2, -0.15) is 0 Å². The lowest BCUT2D eigenvalue weighted by atomic mass is 9.81. The van der Waals surface area contributed by atoms with Crippen LogP contribution in [0.15, 0.2) is 28.6 Å². The molecule has 3 heterocycles. The van der Waals surface area contributed by atoms with E-state index in [-0.39, 0.29) is 22.8 Å². The number of fused-ring (bicyclic) bond motifs is 2. The number of likely N-dealkylation sites (N-methyl/N-ethyl adjacent to an activating group) is 1. The first-order chi connectivity index (χ1) is 13.7. The van der Waals surface area contributed by atoms with Crippen LogP contribution in [0.25, 0.3) is 0 Å². The summed E-state index contributed by atoms with van der Waals surface area (Å²) < 4.78 is 0.670. The van der Waals surface area contributed by atoms with Crippen molar-refractivity contribution in [2.75, 3.05) is 43.5 Å². The van der Waals surface area contributed by atoms with Crippen molar-refractivity contribution in [1.82, 2.24) is 9.88 Å². The topological polar surface area (TPSA) is 68.7 Å². The molecular formula is C20H25ClN4O2S2. The zero-order valence-electron chi connectivity index (χ0n) is 16.7. The Hall–Kier alpha value is -1.32. The Morgan fingerprint density at radius 1 is 1.45 bits per heavy atom. The highest BCUT2D eigenvalue weighted by atomic mass is 35.5. The van der Waals surface area contributed by atoms with Gasteiger partial charge in [0.2, 0.25) is 0 Å². The molecule has 2 aromatic rings. The Balaban J connectivity index is 1.54. The molecule has 156 valence electrons. The van der Waals surface area contributed by atoms with E-state index >= 15 is 0 Å². The molecule has 1 saturated heterocycles. The number of aliphatic hydroxyl groups excluding tert-OH is 1. The molecule has 1 spiro atoms. The van der Waals surface area contributed by atoms with Gasteiger partial charge in [0.05, 0.1) is 17.0 Å². The van der Waals surface area contributed by atoms with Gasteiger partial charge in [-0.05, 0) is 57.6 Å². The third kappa shape index (κ3) is 4.14. The first-order valence-electron chi connectivity index (χ1n) is 9.54. The van der Waals surface area contributed by atoms with Crippen LogP contribution in [0, 0.1) is 0 Å². The van der Waals surface area contributed by atoms with Gasteiger partial charge in [0.15, 0.2) is 5.13 Å². The lowest BCUT2D eigenvalue weighted by molar-refractivity contribution is 0.256. The van der Waals surface area contributed by atoms with Gasteiger partial charge >= 0.3 is 6.03 Å². The molecule has 4 rings (SSSR count). The van der Waals surface area contributed by atoms with Gasteiger partial charge in [-0.25, -0.2) is 9.78 Å². The van der Waals surface area contributed by atoms with Crippen LogP contribution in [0.1, 0.15) is 25.8 Å². The number of hydrogen-bond donors (Lipinski definition) is 2. The Labute approximate surface area is 184 Å². The van der Waals surface area contributed by atoms with E-state index < -0.39 is 0 Å². The smallest absolute Gasteiger partial charge is 0.328 e. The molecule has 0 radical (unpaired) electrons. The predicted molar refractivity (Wildman–Crippen MR) is 121 cm³/mol. The molecule has 1 aromatic heterocycles. The highest BCUT2D eigenvalue weighted by molar-refractivity contribution is 8.02. The van der Waals surface area contributed by atoms with Gasteiger partial charge in [-0.15, -0.1) is 11.8 Å². The number of halogens is 1. The van der Waals surface area contributed by atoms with E-state index in [1.807, 2.05) is 36.9 Å². The van der Waals surface area contributed by atoms with Gasteiger partial charge in [0.1, 0.15) is 0 Å². The summed E-state index contributed by atoms with van der Waals surface area (Å²) in [7, 11) is 2.12. The number of urea groups is 1. The Morgan fingerprint density at radius 3 is 2.93 bits per heavy atom. The minimum atomic E-state index is -0.290. The summed E-state index contributed by atoms with van der Waals surface area (Å²) in [5.74, 6) is 0. The molecule has 2 N–H and O–H groups in total. The minimum absolute atomic E-state index is 0.0681. The van der Waals surface area contributed by atoms with Crippen molar-refractivity contribution >= 4 is 51.5 Å². The molecule has 6 nitrogen and oxygen atoms in total. The fourth-order valence-electron chi connectivity index (χ4n) is 4.08. The Kier molecular flexibility index (Phi) is 5.59. The van der Waals surface area contributed by atoms with E-state index in [4.69, 9.17) is 11.6 Å². The normalized spacial score (nSPS) is 21.8. The highest BCUT2D eigenvalue weighted by Crippen LogP contribution is 2.47. The van der Waals surface area contributed by atoms with Crippen molar-refractivity contribution in [2.45, 2.75) is 34.6 Å². The molecule has 29 heavy (non-hydrogen) atoms. The molecule has 0 bridgehead atoms. The zero-order chi connectivity index (χ0) is 20.8. The summed E-state index contributed by atoms with van der Waals surface area (Å²) in [6, 6.07) is 5.62. The number of amides is 2. The number of anilines is 2. The second kappa shape index (κ2) is 7.74. The van der Waals surface area contributed by atoms with E-state index in [1.165, 1.54) is 11.3 Å². The van der Waals surface area contributed by atoms with E-state index in [0.29, 0.717) is 16.7 Å². The summed E-state index contributed by atoms with van der Waals surface area (Å²) in [5.41, 5.74) is 2.01. The molecule has 1 aromatic carbocycles. The quantitative estimate of drug-likeness (QED) is 0.677. The number of aromatic nitrogens is 1. The maximum absolute atomic E-state index is 13.1. The molecule has 2 amide bonds. The first kappa shape index (κ1) is 20.9. The van der Waals surface area contributed by atoms with E-state index in [2.05, 4.69) is 22.2 Å². The molecular weight excluding hydrogens is 428 g/mol. The fraction of sp³-hybridized carbons (Fsp3) is 0.500. The number of carbonyl (C=O) groups excluding carboxylic acids is 1. The monoisotopic (exact) mass is 452 g/mol. The third-order valence-corrected chi connectivity index (χ3v) is 7.96. The molecule has 2 aliphatic rings. The summed E-state index contributed by atoms with van der Waals surface area (Å²) >= 11 is 9.26. The number of benzene rings is 1. The number of likely N-dealkylation sites (tertiary alicyclic amines) is 1. The van der Waals surface area contributed by atoms with Crippen molar-refractivity contribution in [3.05, 3.63) is 35.0 Å². The average Bonchev–Trinajstić information content (AvgIpc) is 3.34. The van der Waals surface area contributed by atoms with Crippen molar-refractivity contribution in [1.29, 1.82) is 0 Å². The van der Waals surface area contributed by atoms with E-state index in [0.717, 1.165) is 35.0 Å². The summed E-state index contributed by atoms with van der Waals surface area (Å²) in [4.78, 5) is 21.6.